The fourth-order valence-corrected chi connectivity index (χ4v) is 1.90. The highest BCUT2D eigenvalue weighted by atomic mass is 32.1. The Bertz CT molecular complexity index is 293. The lowest BCUT2D eigenvalue weighted by Crippen LogP contribution is -2.31. The summed E-state index contributed by atoms with van der Waals surface area (Å²) >= 11 is 1.36. The van der Waals surface area contributed by atoms with Crippen LogP contribution < -0.4 is 4.90 Å². The van der Waals surface area contributed by atoms with Crippen molar-refractivity contribution >= 4 is 16.7 Å². The number of aromatic nitrogens is 2. The van der Waals surface area contributed by atoms with E-state index in [1.165, 1.54) is 11.5 Å². The zero-order valence-corrected chi connectivity index (χ0v) is 10.1. The Balaban J connectivity index is 2.49. The molecule has 86 valence electrons. The molecule has 15 heavy (non-hydrogen) atoms. The number of aryl methyl sites for hydroxylation is 1. The lowest BCUT2D eigenvalue weighted by molar-refractivity contribution is 0.0695. The molecule has 1 heterocycles. The highest BCUT2D eigenvalue weighted by Gasteiger charge is 2.12. The zero-order valence-electron chi connectivity index (χ0n) is 9.30. The van der Waals surface area contributed by atoms with Crippen LogP contribution in [0.5, 0.6) is 0 Å². The van der Waals surface area contributed by atoms with Crippen molar-refractivity contribution in [1.29, 1.82) is 0 Å². The third-order valence-electron chi connectivity index (χ3n) is 1.94. The predicted octanol–water partition coefficient (Wildman–Crippen LogP) is 0.544. The number of methoxy groups -OCH3 is 1. The van der Waals surface area contributed by atoms with Gasteiger partial charge in [-0.2, -0.15) is 4.37 Å². The average molecular weight is 231 g/mol. The molecule has 0 spiro atoms. The first-order valence-corrected chi connectivity index (χ1v) is 5.65. The fraction of sp³-hybridized carbons (Fsp3) is 0.778. The van der Waals surface area contributed by atoms with Crippen LogP contribution >= 0.6 is 11.5 Å². The van der Waals surface area contributed by atoms with E-state index in [1.54, 1.807) is 7.11 Å². The molecular formula is C9H17N3O2S. The van der Waals surface area contributed by atoms with Crippen molar-refractivity contribution in [1.82, 2.24) is 9.36 Å². The molecule has 0 aliphatic rings. The van der Waals surface area contributed by atoms with Crippen LogP contribution in [0.4, 0.5) is 5.13 Å². The van der Waals surface area contributed by atoms with Gasteiger partial charge in [0.15, 0.2) is 0 Å². The van der Waals surface area contributed by atoms with Gasteiger partial charge in [-0.1, -0.05) is 6.92 Å². The van der Waals surface area contributed by atoms with E-state index in [4.69, 9.17) is 4.74 Å². The molecule has 6 heteroatoms. The summed E-state index contributed by atoms with van der Waals surface area (Å²) in [6.07, 6.45) is 0.347. The molecule has 5 nitrogen and oxygen atoms in total. The van der Waals surface area contributed by atoms with Gasteiger partial charge in [0.1, 0.15) is 5.82 Å². The van der Waals surface area contributed by atoms with Crippen molar-refractivity contribution in [3.8, 4) is 0 Å². The fourth-order valence-electron chi connectivity index (χ4n) is 1.18. The molecule has 1 unspecified atom stereocenters. The molecule has 0 amide bonds. The second-order valence-corrected chi connectivity index (χ2v) is 4.07. The van der Waals surface area contributed by atoms with Crippen LogP contribution in [-0.2, 0) is 11.2 Å². The second-order valence-electron chi connectivity index (χ2n) is 3.34. The highest BCUT2D eigenvalue weighted by molar-refractivity contribution is 7.09. The van der Waals surface area contributed by atoms with Gasteiger partial charge in [0.2, 0.25) is 5.13 Å². The van der Waals surface area contributed by atoms with E-state index in [0.29, 0.717) is 13.2 Å². The normalized spacial score (nSPS) is 12.8. The van der Waals surface area contributed by atoms with Gasteiger partial charge in [0, 0.05) is 38.7 Å². The molecule has 1 atom stereocenters. The van der Waals surface area contributed by atoms with Gasteiger partial charge in [0.25, 0.3) is 0 Å². The van der Waals surface area contributed by atoms with E-state index in [9.17, 15) is 5.11 Å². The van der Waals surface area contributed by atoms with Crippen molar-refractivity contribution in [2.24, 2.45) is 0 Å². The minimum absolute atomic E-state index is 0.337. The number of rotatable bonds is 6. The first kappa shape index (κ1) is 12.4. The van der Waals surface area contributed by atoms with E-state index in [1.807, 2.05) is 18.9 Å². The van der Waals surface area contributed by atoms with Gasteiger partial charge < -0.3 is 14.7 Å². The number of nitrogens with zero attached hydrogens (tertiary/aromatic N) is 3. The summed E-state index contributed by atoms with van der Waals surface area (Å²) < 4.78 is 9.04. The largest absolute Gasteiger partial charge is 0.389 e. The molecule has 1 rings (SSSR count). The first-order chi connectivity index (χ1) is 7.17. The number of anilines is 1. The van der Waals surface area contributed by atoms with Crippen LogP contribution in [0.3, 0.4) is 0 Å². The van der Waals surface area contributed by atoms with Crippen LogP contribution in [0.15, 0.2) is 0 Å². The number of aliphatic hydroxyl groups excluding tert-OH is 1. The van der Waals surface area contributed by atoms with Crippen molar-refractivity contribution < 1.29 is 9.84 Å². The Kier molecular flexibility index (Phi) is 4.93. The molecule has 0 aliphatic heterocycles. The molecule has 0 aromatic carbocycles. The minimum atomic E-state index is -0.492. The topological polar surface area (TPSA) is 58.5 Å². The molecule has 1 aromatic heterocycles. The second kappa shape index (κ2) is 5.99. The lowest BCUT2D eigenvalue weighted by atomic mass is 10.3. The Morgan fingerprint density at radius 2 is 2.33 bits per heavy atom. The molecule has 0 saturated carbocycles. The zero-order chi connectivity index (χ0) is 11.3. The average Bonchev–Trinajstić information content (AvgIpc) is 2.66. The first-order valence-electron chi connectivity index (χ1n) is 4.88. The number of likely N-dealkylation sites (N-methyl/N-ethyl adjacent to an activating group) is 1. The van der Waals surface area contributed by atoms with Crippen LogP contribution in [0.2, 0.25) is 0 Å². The molecule has 0 aliphatic carbocycles. The summed E-state index contributed by atoms with van der Waals surface area (Å²) in [6, 6.07) is 0. The molecule has 0 bridgehead atoms. The summed E-state index contributed by atoms with van der Waals surface area (Å²) in [6.45, 7) is 2.86. The summed E-state index contributed by atoms with van der Waals surface area (Å²) in [7, 11) is 3.46. The van der Waals surface area contributed by atoms with Crippen LogP contribution in [-0.4, -0.2) is 47.9 Å². The molecule has 1 N–H and O–H groups in total. The van der Waals surface area contributed by atoms with Gasteiger partial charge in [-0.3, -0.25) is 0 Å². The van der Waals surface area contributed by atoms with Crippen LogP contribution in [0.1, 0.15) is 12.7 Å². The Morgan fingerprint density at radius 1 is 1.60 bits per heavy atom. The summed E-state index contributed by atoms with van der Waals surface area (Å²) in [5.74, 6) is 0.850. The Morgan fingerprint density at radius 3 is 2.87 bits per heavy atom. The summed E-state index contributed by atoms with van der Waals surface area (Å²) in [5.41, 5.74) is 0. The van der Waals surface area contributed by atoms with E-state index in [-0.39, 0.29) is 0 Å². The van der Waals surface area contributed by atoms with E-state index in [0.717, 1.165) is 17.4 Å². The van der Waals surface area contributed by atoms with Crippen molar-refractivity contribution in [2.45, 2.75) is 19.4 Å². The van der Waals surface area contributed by atoms with Gasteiger partial charge in [0.05, 0.1) is 12.7 Å². The van der Waals surface area contributed by atoms with E-state index in [2.05, 4.69) is 9.36 Å². The summed E-state index contributed by atoms with van der Waals surface area (Å²) in [5, 5.41) is 10.4. The maximum absolute atomic E-state index is 9.53. The monoisotopic (exact) mass is 231 g/mol. The molecule has 0 fully saturated rings. The van der Waals surface area contributed by atoms with E-state index < -0.39 is 6.10 Å². The maximum Gasteiger partial charge on any atom is 0.205 e. The van der Waals surface area contributed by atoms with E-state index >= 15 is 0 Å². The van der Waals surface area contributed by atoms with Gasteiger partial charge >= 0.3 is 0 Å². The SMILES string of the molecule is CCc1nsc(N(C)CC(O)COC)n1. The predicted molar refractivity (Wildman–Crippen MR) is 60.4 cm³/mol. The van der Waals surface area contributed by atoms with Crippen molar-refractivity contribution in [2.75, 3.05) is 32.2 Å². The number of hydrogen-bond donors (Lipinski definition) is 1. The Hall–Kier alpha value is -0.720. The smallest absolute Gasteiger partial charge is 0.205 e. The maximum atomic E-state index is 9.53. The highest BCUT2D eigenvalue weighted by Crippen LogP contribution is 2.15. The van der Waals surface area contributed by atoms with Crippen molar-refractivity contribution in [3.05, 3.63) is 5.82 Å². The Labute approximate surface area is 93.9 Å². The number of ether oxygens (including phenoxy) is 1. The summed E-state index contributed by atoms with van der Waals surface area (Å²) in [4.78, 5) is 6.21. The van der Waals surface area contributed by atoms with Gasteiger partial charge in [-0.05, 0) is 0 Å². The van der Waals surface area contributed by atoms with Gasteiger partial charge in [-0.15, -0.1) is 0 Å². The molecule has 0 radical (unpaired) electrons. The quantitative estimate of drug-likeness (QED) is 0.774. The van der Waals surface area contributed by atoms with Crippen molar-refractivity contribution in [3.63, 3.8) is 0 Å². The van der Waals surface area contributed by atoms with Gasteiger partial charge in [-0.25, -0.2) is 4.98 Å². The van der Waals surface area contributed by atoms with Crippen LogP contribution in [0, 0.1) is 0 Å². The third-order valence-corrected chi connectivity index (χ3v) is 2.81. The molecule has 1 aromatic rings. The third kappa shape index (κ3) is 3.73. The standard InChI is InChI=1S/C9H17N3O2S/c1-4-8-10-9(15-11-8)12(2)5-7(13)6-14-3/h7,13H,4-6H2,1-3H3. The molecule has 0 saturated heterocycles. The number of hydrogen-bond acceptors (Lipinski definition) is 6. The lowest BCUT2D eigenvalue weighted by Gasteiger charge is -2.18. The van der Waals surface area contributed by atoms with Crippen LogP contribution in [0.25, 0.3) is 0 Å². The minimum Gasteiger partial charge on any atom is -0.389 e. The molecular weight excluding hydrogens is 214 g/mol. The number of aliphatic hydroxyl groups is 1.